The van der Waals surface area contributed by atoms with Crippen molar-refractivity contribution in [2.45, 2.75) is 29.3 Å². The van der Waals surface area contributed by atoms with Crippen molar-refractivity contribution in [3.8, 4) is 0 Å². The first kappa shape index (κ1) is 13.8. The number of rotatable bonds is 3. The van der Waals surface area contributed by atoms with Crippen molar-refractivity contribution in [3.05, 3.63) is 35.9 Å². The van der Waals surface area contributed by atoms with Crippen molar-refractivity contribution >= 4 is 28.6 Å². The average molecular weight is 359 g/mol. The molecule has 18 heavy (non-hydrogen) atoms. The summed E-state index contributed by atoms with van der Waals surface area (Å²) in [6, 6.07) is 10.1. The molecule has 1 saturated heterocycles. The maximum Gasteiger partial charge on any atom is 0.319 e. The van der Waals surface area contributed by atoms with Gasteiger partial charge in [-0.2, -0.15) is 0 Å². The number of esters is 1. The van der Waals surface area contributed by atoms with E-state index in [0.717, 1.165) is 31.5 Å². The lowest BCUT2D eigenvalue weighted by Gasteiger charge is -2.38. The predicted octanol–water partition coefficient (Wildman–Crippen LogP) is 2.63. The molecule has 0 saturated carbocycles. The van der Waals surface area contributed by atoms with Gasteiger partial charge in [-0.05, 0) is 25.6 Å². The smallest absolute Gasteiger partial charge is 0.319 e. The normalized spacial score (nSPS) is 20.1. The molecule has 3 nitrogen and oxygen atoms in total. The maximum absolute atomic E-state index is 11.9. The van der Waals surface area contributed by atoms with Crippen molar-refractivity contribution in [3.63, 3.8) is 0 Å². The van der Waals surface area contributed by atoms with Crippen LogP contribution in [0.1, 0.15) is 25.3 Å². The van der Waals surface area contributed by atoms with Crippen LogP contribution in [0.3, 0.4) is 0 Å². The molecule has 4 heteroatoms. The summed E-state index contributed by atoms with van der Waals surface area (Å²) in [6.45, 7) is 3.64. The van der Waals surface area contributed by atoms with Gasteiger partial charge in [0, 0.05) is 12.8 Å². The molecule has 1 N–H and O–H groups in total. The van der Waals surface area contributed by atoms with E-state index < -0.39 is 5.60 Å². The molecule has 0 aromatic heterocycles. The van der Waals surface area contributed by atoms with Gasteiger partial charge in [-0.1, -0.05) is 52.9 Å². The minimum absolute atomic E-state index is 0.113. The number of hydrogen-bond donors (Lipinski definition) is 1. The molecule has 98 valence electrons. The van der Waals surface area contributed by atoms with Crippen molar-refractivity contribution in [1.29, 1.82) is 0 Å². The van der Waals surface area contributed by atoms with Crippen molar-refractivity contribution in [1.82, 2.24) is 5.32 Å². The van der Waals surface area contributed by atoms with E-state index in [9.17, 15) is 4.79 Å². The van der Waals surface area contributed by atoms with E-state index >= 15 is 0 Å². The lowest BCUT2D eigenvalue weighted by atomic mass is 9.85. The fourth-order valence-electron chi connectivity index (χ4n) is 2.30. The third kappa shape index (κ3) is 3.03. The fourth-order valence-corrected chi connectivity index (χ4v) is 2.42. The van der Waals surface area contributed by atoms with E-state index in [1.165, 1.54) is 0 Å². The second kappa shape index (κ2) is 6.02. The number of carbonyl (C=O) groups is 1. The highest BCUT2D eigenvalue weighted by atomic mass is 127. The van der Waals surface area contributed by atoms with Gasteiger partial charge in [-0.25, -0.2) is 0 Å². The molecule has 0 aliphatic carbocycles. The summed E-state index contributed by atoms with van der Waals surface area (Å²) in [7, 11) is 0. The van der Waals surface area contributed by atoms with Crippen LogP contribution in [-0.2, 0) is 15.1 Å². The zero-order chi connectivity index (χ0) is 13.0. The molecule has 1 aromatic rings. The Kier molecular flexibility index (Phi) is 4.61. The number of ether oxygens (including phenoxy) is 1. The van der Waals surface area contributed by atoms with Crippen LogP contribution in [-0.4, -0.2) is 23.0 Å². The molecule has 1 heterocycles. The summed E-state index contributed by atoms with van der Waals surface area (Å²) in [5, 5.41) is 3.32. The Labute approximate surface area is 121 Å². The Morgan fingerprint density at radius 3 is 2.50 bits per heavy atom. The molecule has 0 amide bonds. The fraction of sp³-hybridized carbons (Fsp3) is 0.500. The topological polar surface area (TPSA) is 38.3 Å². The largest absolute Gasteiger partial charge is 0.453 e. The van der Waals surface area contributed by atoms with Crippen LogP contribution in [0.5, 0.6) is 0 Å². The molecule has 0 bridgehead atoms. The Morgan fingerprint density at radius 1 is 1.33 bits per heavy atom. The van der Waals surface area contributed by atoms with Gasteiger partial charge in [0.15, 0.2) is 0 Å². The van der Waals surface area contributed by atoms with Crippen LogP contribution >= 0.6 is 22.6 Å². The van der Waals surface area contributed by atoms with E-state index in [1.54, 1.807) is 0 Å². The standard InChI is InChI=1S/C14H18INO2/c1-11(15)13(17)18-14(7-9-16-10-8-14)12-5-3-2-4-6-12/h2-6,11,16H,7-10H2,1H3. The first-order valence-corrected chi connectivity index (χ1v) is 7.52. The molecule has 1 aliphatic heterocycles. The minimum Gasteiger partial charge on any atom is -0.453 e. The lowest BCUT2D eigenvalue weighted by molar-refractivity contribution is -0.162. The number of hydrogen-bond acceptors (Lipinski definition) is 3. The number of piperidine rings is 1. The van der Waals surface area contributed by atoms with Crippen LogP contribution < -0.4 is 5.32 Å². The zero-order valence-electron chi connectivity index (χ0n) is 10.5. The Hall–Kier alpha value is -0.620. The molecule has 2 rings (SSSR count). The van der Waals surface area contributed by atoms with Gasteiger partial charge in [0.2, 0.25) is 0 Å². The molecule has 1 unspecified atom stereocenters. The molecule has 1 atom stereocenters. The number of nitrogens with one attached hydrogen (secondary N) is 1. The number of halogens is 1. The molecule has 0 radical (unpaired) electrons. The highest BCUT2D eigenvalue weighted by Crippen LogP contribution is 2.35. The Balaban J connectivity index is 2.26. The third-order valence-corrected chi connectivity index (χ3v) is 3.84. The van der Waals surface area contributed by atoms with Gasteiger partial charge in [-0.3, -0.25) is 4.79 Å². The van der Waals surface area contributed by atoms with Gasteiger partial charge in [0.05, 0.1) is 0 Å². The third-order valence-electron chi connectivity index (χ3n) is 3.33. The molecule has 1 fully saturated rings. The van der Waals surface area contributed by atoms with Crippen LogP contribution in [0.2, 0.25) is 0 Å². The molecular formula is C14H18INO2. The first-order chi connectivity index (χ1) is 8.64. The van der Waals surface area contributed by atoms with Crippen LogP contribution in [0.15, 0.2) is 30.3 Å². The van der Waals surface area contributed by atoms with Gasteiger partial charge >= 0.3 is 5.97 Å². The highest BCUT2D eigenvalue weighted by Gasteiger charge is 2.38. The predicted molar refractivity (Wildman–Crippen MR) is 79.8 cm³/mol. The van der Waals surface area contributed by atoms with Gasteiger partial charge in [0.1, 0.15) is 9.53 Å². The Morgan fingerprint density at radius 2 is 1.94 bits per heavy atom. The van der Waals surface area contributed by atoms with Crippen LogP contribution in [0, 0.1) is 0 Å². The van der Waals surface area contributed by atoms with Gasteiger partial charge < -0.3 is 10.1 Å². The summed E-state index contributed by atoms with van der Waals surface area (Å²) >= 11 is 2.10. The first-order valence-electron chi connectivity index (χ1n) is 6.27. The minimum atomic E-state index is -0.441. The van der Waals surface area contributed by atoms with Gasteiger partial charge in [0.25, 0.3) is 0 Å². The average Bonchev–Trinajstić information content (AvgIpc) is 2.40. The maximum atomic E-state index is 11.9. The molecule has 1 aromatic carbocycles. The Bertz CT molecular complexity index is 400. The molecule has 1 aliphatic rings. The summed E-state index contributed by atoms with van der Waals surface area (Å²) < 4.78 is 5.73. The van der Waals surface area contributed by atoms with Gasteiger partial charge in [-0.15, -0.1) is 0 Å². The van der Waals surface area contributed by atoms with E-state index in [4.69, 9.17) is 4.74 Å². The number of alkyl halides is 1. The second-order valence-corrected chi connectivity index (χ2v) is 6.52. The number of carbonyl (C=O) groups excluding carboxylic acids is 1. The summed E-state index contributed by atoms with van der Waals surface area (Å²) in [5.41, 5.74) is 0.667. The van der Waals surface area contributed by atoms with E-state index in [2.05, 4.69) is 40.0 Å². The van der Waals surface area contributed by atoms with Crippen LogP contribution in [0.4, 0.5) is 0 Å². The quantitative estimate of drug-likeness (QED) is 0.512. The summed E-state index contributed by atoms with van der Waals surface area (Å²) in [4.78, 5) is 11.9. The van der Waals surface area contributed by atoms with Crippen LogP contribution in [0.25, 0.3) is 0 Å². The monoisotopic (exact) mass is 359 g/mol. The zero-order valence-corrected chi connectivity index (χ0v) is 12.6. The van der Waals surface area contributed by atoms with Crippen molar-refractivity contribution < 1.29 is 9.53 Å². The van der Waals surface area contributed by atoms with Crippen molar-refractivity contribution in [2.75, 3.05) is 13.1 Å². The summed E-state index contributed by atoms with van der Waals surface area (Å²) in [5.74, 6) is -0.124. The lowest BCUT2D eigenvalue weighted by Crippen LogP contribution is -2.44. The second-order valence-electron chi connectivity index (χ2n) is 4.65. The highest BCUT2D eigenvalue weighted by molar-refractivity contribution is 14.1. The van der Waals surface area contributed by atoms with Crippen molar-refractivity contribution in [2.24, 2.45) is 0 Å². The van der Waals surface area contributed by atoms with E-state index in [1.807, 2.05) is 25.1 Å². The molecule has 0 spiro atoms. The van der Waals surface area contributed by atoms with E-state index in [-0.39, 0.29) is 9.89 Å². The molecular weight excluding hydrogens is 341 g/mol. The van der Waals surface area contributed by atoms with E-state index in [0.29, 0.717) is 0 Å². The number of benzene rings is 1. The summed E-state index contributed by atoms with van der Waals surface area (Å²) in [6.07, 6.45) is 1.68. The SMILES string of the molecule is CC(I)C(=O)OC1(c2ccccc2)CCNCC1.